The van der Waals surface area contributed by atoms with Crippen molar-refractivity contribution >= 4 is 34.6 Å². The van der Waals surface area contributed by atoms with Crippen LogP contribution < -0.4 is 10.6 Å². The minimum atomic E-state index is 0.657. The van der Waals surface area contributed by atoms with E-state index in [1.165, 1.54) is 25.9 Å². The van der Waals surface area contributed by atoms with Gasteiger partial charge < -0.3 is 15.5 Å². The second kappa shape index (κ2) is 8.57. The van der Waals surface area contributed by atoms with Gasteiger partial charge in [0, 0.05) is 17.3 Å². The third-order valence-electron chi connectivity index (χ3n) is 3.90. The number of benzene rings is 1. The molecule has 0 unspecified atom stereocenters. The molecule has 0 spiro atoms. The van der Waals surface area contributed by atoms with Crippen molar-refractivity contribution in [2.45, 2.75) is 26.2 Å². The topological polar surface area (TPSA) is 27.3 Å². The smallest absolute Gasteiger partial charge is 0.170 e. The maximum absolute atomic E-state index is 5.94. The number of likely N-dealkylation sites (tertiary alicyclic amines) is 1. The summed E-state index contributed by atoms with van der Waals surface area (Å²) in [5.74, 6) is 0.897. The molecule has 2 rings (SSSR count). The summed E-state index contributed by atoms with van der Waals surface area (Å²) in [6.45, 7) is 6.88. The third kappa shape index (κ3) is 6.20. The van der Waals surface area contributed by atoms with E-state index in [1.807, 2.05) is 24.3 Å². The van der Waals surface area contributed by atoms with Gasteiger partial charge in [0.15, 0.2) is 5.11 Å². The molecule has 5 heteroatoms. The molecule has 0 saturated carbocycles. The number of halogens is 1. The van der Waals surface area contributed by atoms with Gasteiger partial charge in [-0.25, -0.2) is 0 Å². The van der Waals surface area contributed by atoms with E-state index in [-0.39, 0.29) is 0 Å². The number of hydrogen-bond acceptors (Lipinski definition) is 2. The molecule has 0 bridgehead atoms. The van der Waals surface area contributed by atoms with E-state index < -0.39 is 0 Å². The van der Waals surface area contributed by atoms with E-state index in [4.69, 9.17) is 23.8 Å². The molecule has 1 heterocycles. The number of hydrogen-bond donors (Lipinski definition) is 2. The minimum absolute atomic E-state index is 0.657. The number of piperidine rings is 1. The predicted octanol–water partition coefficient (Wildman–Crippen LogP) is 3.75. The molecule has 0 atom stereocenters. The van der Waals surface area contributed by atoms with Crippen molar-refractivity contribution in [1.82, 2.24) is 10.2 Å². The quantitative estimate of drug-likeness (QED) is 0.637. The zero-order valence-electron chi connectivity index (χ0n) is 12.6. The van der Waals surface area contributed by atoms with Gasteiger partial charge in [-0.15, -0.1) is 0 Å². The van der Waals surface area contributed by atoms with Gasteiger partial charge in [0.25, 0.3) is 0 Å². The van der Waals surface area contributed by atoms with Crippen LogP contribution in [-0.4, -0.2) is 36.2 Å². The van der Waals surface area contributed by atoms with Gasteiger partial charge in [-0.1, -0.05) is 24.6 Å². The Bertz CT molecular complexity index is 459. The summed E-state index contributed by atoms with van der Waals surface area (Å²) in [4.78, 5) is 2.55. The van der Waals surface area contributed by atoms with Crippen molar-refractivity contribution in [2.24, 2.45) is 5.92 Å². The first kappa shape index (κ1) is 16.5. The molecule has 1 saturated heterocycles. The van der Waals surface area contributed by atoms with Crippen LogP contribution in [0.5, 0.6) is 0 Å². The maximum Gasteiger partial charge on any atom is 0.170 e. The van der Waals surface area contributed by atoms with Crippen molar-refractivity contribution in [3.63, 3.8) is 0 Å². The van der Waals surface area contributed by atoms with E-state index in [9.17, 15) is 0 Å². The molecular formula is C16H24ClN3S. The zero-order valence-corrected chi connectivity index (χ0v) is 14.1. The highest BCUT2D eigenvalue weighted by Gasteiger charge is 2.14. The van der Waals surface area contributed by atoms with Crippen molar-refractivity contribution in [1.29, 1.82) is 0 Å². The first-order valence-electron chi connectivity index (χ1n) is 7.66. The fourth-order valence-corrected chi connectivity index (χ4v) is 2.94. The van der Waals surface area contributed by atoms with Crippen molar-refractivity contribution < 1.29 is 0 Å². The summed E-state index contributed by atoms with van der Waals surface area (Å²) in [5.41, 5.74) is 0.921. The lowest BCUT2D eigenvalue weighted by molar-refractivity contribution is 0.191. The van der Waals surface area contributed by atoms with Crippen LogP contribution in [0.2, 0.25) is 5.02 Å². The highest BCUT2D eigenvalue weighted by molar-refractivity contribution is 7.80. The van der Waals surface area contributed by atoms with Crippen LogP contribution in [-0.2, 0) is 0 Å². The Kier molecular flexibility index (Phi) is 6.74. The second-order valence-electron chi connectivity index (χ2n) is 5.77. The molecule has 1 fully saturated rings. The van der Waals surface area contributed by atoms with Crippen molar-refractivity contribution in [3.05, 3.63) is 29.3 Å². The molecule has 1 aliphatic heterocycles. The highest BCUT2D eigenvalue weighted by atomic mass is 35.5. The normalized spacial score (nSPS) is 16.7. The van der Waals surface area contributed by atoms with E-state index in [1.54, 1.807) is 0 Å². The molecular weight excluding hydrogens is 302 g/mol. The van der Waals surface area contributed by atoms with Gasteiger partial charge >= 0.3 is 0 Å². The summed E-state index contributed by atoms with van der Waals surface area (Å²) in [6.07, 6.45) is 3.79. The van der Waals surface area contributed by atoms with Crippen LogP contribution in [0.15, 0.2) is 24.3 Å². The largest absolute Gasteiger partial charge is 0.362 e. The molecule has 3 nitrogen and oxygen atoms in total. The first-order valence-corrected chi connectivity index (χ1v) is 8.45. The Morgan fingerprint density at radius 3 is 2.86 bits per heavy atom. The maximum atomic E-state index is 5.94. The van der Waals surface area contributed by atoms with E-state index in [0.717, 1.165) is 31.1 Å². The monoisotopic (exact) mass is 325 g/mol. The zero-order chi connectivity index (χ0) is 15.1. The second-order valence-corrected chi connectivity index (χ2v) is 6.61. The first-order chi connectivity index (χ1) is 10.1. The summed E-state index contributed by atoms with van der Waals surface area (Å²) in [5, 5.41) is 7.77. The predicted molar refractivity (Wildman–Crippen MR) is 95.1 cm³/mol. The van der Waals surface area contributed by atoms with Crippen LogP contribution >= 0.6 is 23.8 Å². The lowest BCUT2D eigenvalue weighted by Crippen LogP contribution is -2.36. The Balaban J connectivity index is 1.59. The van der Waals surface area contributed by atoms with Crippen LogP contribution in [0, 0.1) is 5.92 Å². The summed E-state index contributed by atoms with van der Waals surface area (Å²) < 4.78 is 0. The standard InChI is InChI=1S/C16H24ClN3S/c1-13-6-10-20(11-7-13)9-3-8-18-16(21)19-15-5-2-4-14(17)12-15/h2,4-5,12-13H,3,6-11H2,1H3,(H2,18,19,21). The number of anilines is 1. The SMILES string of the molecule is CC1CCN(CCCNC(=S)Nc2cccc(Cl)c2)CC1. The lowest BCUT2D eigenvalue weighted by Gasteiger charge is -2.30. The molecule has 1 aromatic rings. The lowest BCUT2D eigenvalue weighted by atomic mass is 9.99. The molecule has 0 radical (unpaired) electrons. The Hall–Kier alpha value is -0.840. The van der Waals surface area contributed by atoms with E-state index >= 15 is 0 Å². The Labute approximate surface area is 138 Å². The minimum Gasteiger partial charge on any atom is -0.362 e. The molecule has 1 aromatic carbocycles. The van der Waals surface area contributed by atoms with Crippen LogP contribution in [0.4, 0.5) is 5.69 Å². The number of nitrogens with one attached hydrogen (secondary N) is 2. The van der Waals surface area contributed by atoms with Gasteiger partial charge in [0.1, 0.15) is 0 Å². The van der Waals surface area contributed by atoms with Gasteiger partial charge in [0.05, 0.1) is 0 Å². The van der Waals surface area contributed by atoms with Gasteiger partial charge in [-0.2, -0.15) is 0 Å². The molecule has 2 N–H and O–H groups in total. The number of thiocarbonyl (C=S) groups is 1. The Morgan fingerprint density at radius 2 is 2.14 bits per heavy atom. The van der Waals surface area contributed by atoms with E-state index in [0.29, 0.717) is 10.1 Å². The van der Waals surface area contributed by atoms with Crippen LogP contribution in [0.25, 0.3) is 0 Å². The van der Waals surface area contributed by atoms with E-state index in [2.05, 4.69) is 22.5 Å². The summed E-state index contributed by atoms with van der Waals surface area (Å²) in [6, 6.07) is 7.58. The fraction of sp³-hybridized carbons (Fsp3) is 0.562. The summed E-state index contributed by atoms with van der Waals surface area (Å²) >= 11 is 11.2. The summed E-state index contributed by atoms with van der Waals surface area (Å²) in [7, 11) is 0. The molecule has 1 aliphatic rings. The molecule has 21 heavy (non-hydrogen) atoms. The molecule has 0 amide bonds. The Morgan fingerprint density at radius 1 is 1.38 bits per heavy atom. The van der Waals surface area contributed by atoms with Crippen molar-refractivity contribution in [3.8, 4) is 0 Å². The third-order valence-corrected chi connectivity index (χ3v) is 4.38. The van der Waals surface area contributed by atoms with Gasteiger partial charge in [-0.05, 0) is 75.2 Å². The van der Waals surface area contributed by atoms with Gasteiger partial charge in [0.2, 0.25) is 0 Å². The van der Waals surface area contributed by atoms with Crippen LogP contribution in [0.3, 0.4) is 0 Å². The molecule has 116 valence electrons. The number of rotatable bonds is 5. The number of nitrogens with zero attached hydrogens (tertiary/aromatic N) is 1. The van der Waals surface area contributed by atoms with Gasteiger partial charge in [-0.3, -0.25) is 0 Å². The van der Waals surface area contributed by atoms with Crippen LogP contribution in [0.1, 0.15) is 26.2 Å². The molecule has 0 aliphatic carbocycles. The van der Waals surface area contributed by atoms with Crippen molar-refractivity contribution in [2.75, 3.05) is 31.5 Å². The average molecular weight is 326 g/mol. The molecule has 0 aromatic heterocycles. The fourth-order valence-electron chi connectivity index (χ4n) is 2.53. The highest BCUT2D eigenvalue weighted by Crippen LogP contribution is 2.16. The average Bonchev–Trinajstić information content (AvgIpc) is 2.45.